The Morgan fingerprint density at radius 2 is 2.05 bits per heavy atom. The van der Waals surface area contributed by atoms with Crippen LogP contribution in [0.1, 0.15) is 10.4 Å². The Hall–Kier alpha value is -2.08. The van der Waals surface area contributed by atoms with Gasteiger partial charge in [-0.2, -0.15) is 0 Å². The third-order valence-electron chi connectivity index (χ3n) is 2.86. The second kappa shape index (κ2) is 5.92. The van der Waals surface area contributed by atoms with Gasteiger partial charge in [-0.3, -0.25) is 5.32 Å². The SMILES string of the molecule is COC(=O)Nc1nc(-c2ccc(OC)c(C)c2)c(C)s1. The van der Waals surface area contributed by atoms with Gasteiger partial charge in [-0.15, -0.1) is 11.3 Å². The Morgan fingerprint density at radius 1 is 1.30 bits per heavy atom. The lowest BCUT2D eigenvalue weighted by atomic mass is 10.1. The van der Waals surface area contributed by atoms with Gasteiger partial charge in [-0.1, -0.05) is 0 Å². The maximum absolute atomic E-state index is 11.2. The number of thiazole rings is 1. The summed E-state index contributed by atoms with van der Waals surface area (Å²) in [6, 6.07) is 5.88. The number of rotatable bonds is 3. The van der Waals surface area contributed by atoms with Crippen molar-refractivity contribution >= 4 is 22.6 Å². The highest BCUT2D eigenvalue weighted by Crippen LogP contribution is 2.32. The first-order valence-electron chi connectivity index (χ1n) is 6.02. The normalized spacial score (nSPS) is 10.2. The highest BCUT2D eigenvalue weighted by atomic mass is 32.1. The van der Waals surface area contributed by atoms with Crippen LogP contribution in [0.3, 0.4) is 0 Å². The van der Waals surface area contributed by atoms with E-state index in [0.29, 0.717) is 5.13 Å². The molecule has 0 spiro atoms. The number of nitrogens with one attached hydrogen (secondary N) is 1. The summed E-state index contributed by atoms with van der Waals surface area (Å²) in [6.45, 7) is 3.95. The zero-order valence-corrected chi connectivity index (χ0v) is 12.6. The lowest BCUT2D eigenvalue weighted by Gasteiger charge is -2.06. The highest BCUT2D eigenvalue weighted by molar-refractivity contribution is 7.16. The predicted octanol–water partition coefficient (Wildman–Crippen LogP) is 3.61. The molecule has 0 fully saturated rings. The molecule has 1 aromatic heterocycles. The van der Waals surface area contributed by atoms with E-state index < -0.39 is 6.09 Å². The van der Waals surface area contributed by atoms with Crippen LogP contribution in [0, 0.1) is 13.8 Å². The predicted molar refractivity (Wildman–Crippen MR) is 79.6 cm³/mol. The summed E-state index contributed by atoms with van der Waals surface area (Å²) in [5.41, 5.74) is 2.89. The van der Waals surface area contributed by atoms with E-state index in [4.69, 9.17) is 4.74 Å². The van der Waals surface area contributed by atoms with Gasteiger partial charge in [-0.25, -0.2) is 9.78 Å². The smallest absolute Gasteiger partial charge is 0.413 e. The highest BCUT2D eigenvalue weighted by Gasteiger charge is 2.13. The molecule has 0 bridgehead atoms. The first-order chi connectivity index (χ1) is 9.55. The van der Waals surface area contributed by atoms with Gasteiger partial charge in [0.2, 0.25) is 0 Å². The summed E-state index contributed by atoms with van der Waals surface area (Å²) in [4.78, 5) is 16.7. The molecule has 0 saturated carbocycles. The van der Waals surface area contributed by atoms with Crippen LogP contribution in [0.2, 0.25) is 0 Å². The molecule has 0 aliphatic carbocycles. The Kier molecular flexibility index (Phi) is 4.24. The number of carbonyl (C=O) groups excluding carboxylic acids is 1. The van der Waals surface area contributed by atoms with E-state index in [9.17, 15) is 4.79 Å². The molecule has 2 rings (SSSR count). The van der Waals surface area contributed by atoms with Crippen molar-refractivity contribution in [2.24, 2.45) is 0 Å². The number of benzene rings is 1. The maximum Gasteiger partial charge on any atom is 0.413 e. The molecule has 0 radical (unpaired) electrons. The Labute approximate surface area is 121 Å². The topological polar surface area (TPSA) is 60.5 Å². The number of methoxy groups -OCH3 is 2. The summed E-state index contributed by atoms with van der Waals surface area (Å²) >= 11 is 1.41. The number of hydrogen-bond acceptors (Lipinski definition) is 5. The molecule has 6 heteroatoms. The van der Waals surface area contributed by atoms with Crippen LogP contribution < -0.4 is 10.1 Å². The Bertz CT molecular complexity index is 637. The molecule has 0 saturated heterocycles. The third kappa shape index (κ3) is 2.91. The molecule has 5 nitrogen and oxygen atoms in total. The minimum Gasteiger partial charge on any atom is -0.496 e. The zero-order valence-electron chi connectivity index (χ0n) is 11.8. The molecule has 1 N–H and O–H groups in total. The average Bonchev–Trinajstić information content (AvgIpc) is 2.79. The second-order valence-electron chi connectivity index (χ2n) is 4.22. The molecule has 0 aliphatic heterocycles. The fraction of sp³-hybridized carbons (Fsp3) is 0.286. The summed E-state index contributed by atoms with van der Waals surface area (Å²) in [6.07, 6.45) is -0.517. The van der Waals surface area contributed by atoms with E-state index >= 15 is 0 Å². The van der Waals surface area contributed by atoms with Gasteiger partial charge in [0.15, 0.2) is 5.13 Å². The van der Waals surface area contributed by atoms with E-state index in [0.717, 1.165) is 27.4 Å². The van der Waals surface area contributed by atoms with Crippen molar-refractivity contribution in [2.75, 3.05) is 19.5 Å². The van der Waals surface area contributed by atoms with Crippen LogP contribution in [0.4, 0.5) is 9.93 Å². The van der Waals surface area contributed by atoms with Gasteiger partial charge in [0.05, 0.1) is 19.9 Å². The largest absolute Gasteiger partial charge is 0.496 e. The molecule has 2 aromatic rings. The maximum atomic E-state index is 11.2. The van der Waals surface area contributed by atoms with E-state index in [1.54, 1.807) is 7.11 Å². The van der Waals surface area contributed by atoms with Gasteiger partial charge < -0.3 is 9.47 Å². The number of anilines is 1. The van der Waals surface area contributed by atoms with Gasteiger partial charge in [0, 0.05) is 10.4 Å². The van der Waals surface area contributed by atoms with E-state index in [2.05, 4.69) is 15.0 Å². The fourth-order valence-electron chi connectivity index (χ4n) is 1.88. The van der Waals surface area contributed by atoms with Crippen molar-refractivity contribution in [2.45, 2.75) is 13.8 Å². The fourth-order valence-corrected chi connectivity index (χ4v) is 2.70. The quantitative estimate of drug-likeness (QED) is 0.938. The number of nitrogens with zero attached hydrogens (tertiary/aromatic N) is 1. The van der Waals surface area contributed by atoms with Crippen molar-refractivity contribution in [1.29, 1.82) is 0 Å². The lowest BCUT2D eigenvalue weighted by Crippen LogP contribution is -2.10. The number of ether oxygens (including phenoxy) is 2. The number of amides is 1. The molecule has 106 valence electrons. The minimum absolute atomic E-state index is 0.517. The molecule has 1 amide bonds. The average molecular weight is 292 g/mol. The van der Waals surface area contributed by atoms with Crippen LogP contribution in [0.25, 0.3) is 11.3 Å². The molecule has 1 heterocycles. The summed E-state index contributed by atoms with van der Waals surface area (Å²) < 4.78 is 9.81. The van der Waals surface area contributed by atoms with Gasteiger partial charge in [0.1, 0.15) is 5.75 Å². The van der Waals surface area contributed by atoms with Gasteiger partial charge >= 0.3 is 6.09 Å². The minimum atomic E-state index is -0.517. The van der Waals surface area contributed by atoms with Crippen molar-refractivity contribution in [3.05, 3.63) is 28.6 Å². The molecule has 20 heavy (non-hydrogen) atoms. The summed E-state index contributed by atoms with van der Waals surface area (Å²) in [7, 11) is 2.97. The Morgan fingerprint density at radius 3 is 2.65 bits per heavy atom. The monoisotopic (exact) mass is 292 g/mol. The molecular weight excluding hydrogens is 276 g/mol. The van der Waals surface area contributed by atoms with Crippen molar-refractivity contribution in [3.63, 3.8) is 0 Å². The zero-order chi connectivity index (χ0) is 14.7. The number of hydrogen-bond donors (Lipinski definition) is 1. The first kappa shape index (κ1) is 14.3. The first-order valence-corrected chi connectivity index (χ1v) is 6.84. The van der Waals surface area contributed by atoms with Gasteiger partial charge in [0.25, 0.3) is 0 Å². The van der Waals surface area contributed by atoms with Crippen molar-refractivity contribution < 1.29 is 14.3 Å². The molecular formula is C14H16N2O3S. The lowest BCUT2D eigenvalue weighted by molar-refractivity contribution is 0.187. The molecule has 1 aromatic carbocycles. The number of aryl methyl sites for hydroxylation is 2. The van der Waals surface area contributed by atoms with Crippen LogP contribution in [-0.2, 0) is 4.74 Å². The van der Waals surface area contributed by atoms with Crippen molar-refractivity contribution in [3.8, 4) is 17.0 Å². The molecule has 0 unspecified atom stereocenters. The number of carbonyl (C=O) groups is 1. The van der Waals surface area contributed by atoms with Gasteiger partial charge in [-0.05, 0) is 37.6 Å². The van der Waals surface area contributed by atoms with E-state index in [1.807, 2.05) is 32.0 Å². The van der Waals surface area contributed by atoms with Crippen molar-refractivity contribution in [1.82, 2.24) is 4.98 Å². The standard InChI is InChI=1S/C14H16N2O3S/c1-8-7-10(5-6-11(8)18-3)12-9(2)20-13(15-12)16-14(17)19-4/h5-7H,1-4H3,(H,15,16,17). The Balaban J connectivity index is 2.33. The third-order valence-corrected chi connectivity index (χ3v) is 3.75. The molecule has 0 aliphatic rings. The number of aromatic nitrogens is 1. The van der Waals surface area contributed by atoms with Crippen LogP contribution in [0.5, 0.6) is 5.75 Å². The van der Waals surface area contributed by atoms with E-state index in [-0.39, 0.29) is 0 Å². The van der Waals surface area contributed by atoms with Crippen LogP contribution in [0.15, 0.2) is 18.2 Å². The van der Waals surface area contributed by atoms with Crippen LogP contribution in [-0.4, -0.2) is 25.3 Å². The van der Waals surface area contributed by atoms with Crippen LogP contribution >= 0.6 is 11.3 Å². The summed E-state index contributed by atoms with van der Waals surface area (Å²) in [5, 5.41) is 3.11. The second-order valence-corrected chi connectivity index (χ2v) is 5.43. The summed E-state index contributed by atoms with van der Waals surface area (Å²) in [5.74, 6) is 0.842. The van der Waals surface area contributed by atoms with E-state index in [1.165, 1.54) is 18.4 Å². The molecule has 0 atom stereocenters.